The molecule has 1 aromatic rings. The maximum Gasteiger partial charge on any atom is 0.325 e. The highest BCUT2D eigenvalue weighted by Gasteiger charge is 2.47. The highest BCUT2D eigenvalue weighted by Crippen LogP contribution is 2.33. The molecule has 2 fully saturated rings. The molecule has 2 atom stereocenters. The number of amides is 3. The number of benzene rings is 1. The number of hydroxylamine groups is 1. The maximum atomic E-state index is 12.7. The number of hydrogen-bond donors (Lipinski definition) is 2. The fourth-order valence-corrected chi connectivity index (χ4v) is 3.20. The molecule has 7 heteroatoms. The van der Waals surface area contributed by atoms with E-state index in [1.165, 1.54) is 0 Å². The van der Waals surface area contributed by atoms with Crippen molar-refractivity contribution in [1.29, 1.82) is 0 Å². The van der Waals surface area contributed by atoms with Crippen molar-refractivity contribution in [3.8, 4) is 0 Å². The molecule has 0 spiro atoms. The van der Waals surface area contributed by atoms with Gasteiger partial charge in [0.05, 0.1) is 12.6 Å². The van der Waals surface area contributed by atoms with Gasteiger partial charge in [0.1, 0.15) is 6.04 Å². The topological polar surface area (TPSA) is 87.9 Å². The number of carbonyl (C=O) groups is 2. The summed E-state index contributed by atoms with van der Waals surface area (Å²) in [5.74, 6) is -0.260. The van der Waals surface area contributed by atoms with E-state index in [4.69, 9.17) is 10.6 Å². The van der Waals surface area contributed by atoms with E-state index in [2.05, 4.69) is 5.48 Å². The van der Waals surface area contributed by atoms with E-state index in [0.717, 1.165) is 12.1 Å². The highest BCUT2D eigenvalue weighted by molar-refractivity contribution is 5.98. The standard InChI is InChI=1S/C16H22N4O3/c17-9-4-10-23-18-15(21)14-8-7-13-11-19(14)16(22)20(13)12-5-2-1-3-6-12/h1-3,5-6,13-14H,4,7-11,17H2,(H,18,21)/t13-,14-/m0/s1. The first-order valence-corrected chi connectivity index (χ1v) is 7.99. The molecule has 2 aliphatic rings. The zero-order valence-corrected chi connectivity index (χ0v) is 13.0. The Labute approximate surface area is 135 Å². The number of fused-ring (bicyclic) bond motifs is 2. The van der Waals surface area contributed by atoms with Gasteiger partial charge in [-0.2, -0.15) is 0 Å². The van der Waals surface area contributed by atoms with Crippen LogP contribution in [0.3, 0.4) is 0 Å². The first-order chi connectivity index (χ1) is 11.2. The van der Waals surface area contributed by atoms with Gasteiger partial charge in [-0.1, -0.05) is 18.2 Å². The van der Waals surface area contributed by atoms with Crippen LogP contribution in [0.25, 0.3) is 0 Å². The molecule has 3 rings (SSSR count). The molecule has 0 aromatic heterocycles. The Hall–Kier alpha value is -2.12. The number of rotatable bonds is 6. The van der Waals surface area contributed by atoms with Crippen LogP contribution in [-0.2, 0) is 9.63 Å². The Morgan fingerprint density at radius 2 is 2.09 bits per heavy atom. The van der Waals surface area contributed by atoms with Crippen LogP contribution in [0.2, 0.25) is 0 Å². The number of urea groups is 1. The molecule has 2 saturated heterocycles. The molecule has 2 heterocycles. The molecule has 2 bridgehead atoms. The lowest BCUT2D eigenvalue weighted by Crippen LogP contribution is -2.49. The van der Waals surface area contributed by atoms with Crippen molar-refractivity contribution in [2.24, 2.45) is 5.73 Å². The Kier molecular flexibility index (Phi) is 4.78. The van der Waals surface area contributed by atoms with Gasteiger partial charge in [0.2, 0.25) is 0 Å². The van der Waals surface area contributed by atoms with Crippen molar-refractivity contribution in [3.63, 3.8) is 0 Å². The normalized spacial score (nSPS) is 23.3. The van der Waals surface area contributed by atoms with Crippen LogP contribution in [-0.4, -0.2) is 48.6 Å². The molecular weight excluding hydrogens is 296 g/mol. The predicted molar refractivity (Wildman–Crippen MR) is 85.6 cm³/mol. The largest absolute Gasteiger partial charge is 0.330 e. The second kappa shape index (κ2) is 6.97. The molecule has 0 aliphatic carbocycles. The van der Waals surface area contributed by atoms with E-state index < -0.39 is 6.04 Å². The van der Waals surface area contributed by atoms with Crippen molar-refractivity contribution in [1.82, 2.24) is 10.4 Å². The van der Waals surface area contributed by atoms with Crippen LogP contribution in [0, 0.1) is 0 Å². The molecule has 3 amide bonds. The van der Waals surface area contributed by atoms with Gasteiger partial charge < -0.3 is 10.6 Å². The van der Waals surface area contributed by atoms with Gasteiger partial charge in [-0.15, -0.1) is 0 Å². The third-order valence-electron chi connectivity index (χ3n) is 4.33. The summed E-state index contributed by atoms with van der Waals surface area (Å²) < 4.78 is 0. The van der Waals surface area contributed by atoms with Gasteiger partial charge >= 0.3 is 6.03 Å². The lowest BCUT2D eigenvalue weighted by Gasteiger charge is -2.29. The van der Waals surface area contributed by atoms with Crippen LogP contribution in [0.1, 0.15) is 19.3 Å². The van der Waals surface area contributed by atoms with Crippen LogP contribution in [0.4, 0.5) is 10.5 Å². The minimum Gasteiger partial charge on any atom is -0.330 e. The SMILES string of the molecule is NCCCONC(=O)[C@@H]1CC[C@H]2CN1C(=O)N2c1ccccc1. The second-order valence-electron chi connectivity index (χ2n) is 5.84. The molecule has 0 radical (unpaired) electrons. The molecule has 23 heavy (non-hydrogen) atoms. The van der Waals surface area contributed by atoms with E-state index in [1.807, 2.05) is 30.3 Å². The number of nitrogens with two attached hydrogens (primary N) is 1. The smallest absolute Gasteiger partial charge is 0.325 e. The summed E-state index contributed by atoms with van der Waals surface area (Å²) in [7, 11) is 0. The maximum absolute atomic E-state index is 12.7. The summed E-state index contributed by atoms with van der Waals surface area (Å²) in [6.45, 7) is 1.47. The number of carbonyl (C=O) groups excluding carboxylic acids is 2. The summed E-state index contributed by atoms with van der Waals surface area (Å²) in [6, 6.07) is 9.14. The van der Waals surface area contributed by atoms with Gasteiger partial charge in [0.25, 0.3) is 5.91 Å². The fraction of sp³-hybridized carbons (Fsp3) is 0.500. The quantitative estimate of drug-likeness (QED) is 0.601. The van der Waals surface area contributed by atoms with Crippen molar-refractivity contribution in [2.75, 3.05) is 24.6 Å². The Morgan fingerprint density at radius 3 is 2.83 bits per heavy atom. The number of anilines is 1. The fourth-order valence-electron chi connectivity index (χ4n) is 3.20. The first-order valence-electron chi connectivity index (χ1n) is 7.99. The zero-order valence-electron chi connectivity index (χ0n) is 13.0. The van der Waals surface area contributed by atoms with Gasteiger partial charge in [-0.3, -0.25) is 14.5 Å². The average Bonchev–Trinajstić information content (AvgIpc) is 2.83. The lowest BCUT2D eigenvalue weighted by atomic mass is 10.00. The summed E-state index contributed by atoms with van der Waals surface area (Å²) >= 11 is 0. The van der Waals surface area contributed by atoms with Gasteiger partial charge in [0.15, 0.2) is 0 Å². The summed E-state index contributed by atoms with van der Waals surface area (Å²) in [5, 5.41) is 0. The summed E-state index contributed by atoms with van der Waals surface area (Å²) in [4.78, 5) is 33.5. The Morgan fingerprint density at radius 1 is 1.30 bits per heavy atom. The Bertz CT molecular complexity index is 566. The van der Waals surface area contributed by atoms with Crippen molar-refractivity contribution in [2.45, 2.75) is 31.3 Å². The van der Waals surface area contributed by atoms with Crippen LogP contribution >= 0.6 is 0 Å². The third-order valence-corrected chi connectivity index (χ3v) is 4.33. The molecule has 1 aromatic carbocycles. The minimum atomic E-state index is -0.467. The van der Waals surface area contributed by atoms with Crippen LogP contribution < -0.4 is 16.1 Å². The number of piperidine rings is 1. The summed E-state index contributed by atoms with van der Waals surface area (Å²) in [6.07, 6.45) is 2.13. The first kappa shape index (κ1) is 15.8. The van der Waals surface area contributed by atoms with Gasteiger partial charge in [0, 0.05) is 12.2 Å². The highest BCUT2D eigenvalue weighted by atomic mass is 16.6. The summed E-state index contributed by atoms with van der Waals surface area (Å²) in [5.41, 5.74) is 8.69. The molecule has 2 aliphatic heterocycles. The molecule has 0 unspecified atom stereocenters. The van der Waals surface area contributed by atoms with Crippen molar-refractivity contribution < 1.29 is 14.4 Å². The molecule has 0 saturated carbocycles. The van der Waals surface area contributed by atoms with E-state index >= 15 is 0 Å². The van der Waals surface area contributed by atoms with E-state index in [-0.39, 0.29) is 18.0 Å². The monoisotopic (exact) mass is 318 g/mol. The molecular formula is C16H22N4O3. The average molecular weight is 318 g/mol. The number of nitrogens with zero attached hydrogens (tertiary/aromatic N) is 2. The Balaban J connectivity index is 1.65. The van der Waals surface area contributed by atoms with E-state index in [0.29, 0.717) is 32.5 Å². The minimum absolute atomic E-state index is 0.110. The van der Waals surface area contributed by atoms with E-state index in [1.54, 1.807) is 9.80 Å². The second-order valence-corrected chi connectivity index (χ2v) is 5.84. The molecule has 124 valence electrons. The number of nitrogens with one attached hydrogen (secondary N) is 1. The van der Waals surface area contributed by atoms with Gasteiger partial charge in [-0.05, 0) is 37.9 Å². The van der Waals surface area contributed by atoms with Crippen LogP contribution in [0.15, 0.2) is 30.3 Å². The zero-order chi connectivity index (χ0) is 16.2. The molecule has 7 nitrogen and oxygen atoms in total. The third kappa shape index (κ3) is 3.16. The van der Waals surface area contributed by atoms with Crippen molar-refractivity contribution >= 4 is 17.6 Å². The number of hydrogen-bond acceptors (Lipinski definition) is 4. The predicted octanol–water partition coefficient (Wildman–Crippen LogP) is 0.856. The van der Waals surface area contributed by atoms with Gasteiger partial charge in [-0.25, -0.2) is 10.3 Å². The van der Waals surface area contributed by atoms with Crippen molar-refractivity contribution in [3.05, 3.63) is 30.3 Å². The van der Waals surface area contributed by atoms with Crippen LogP contribution in [0.5, 0.6) is 0 Å². The number of para-hydroxylation sites is 1. The van der Waals surface area contributed by atoms with E-state index in [9.17, 15) is 9.59 Å². The lowest BCUT2D eigenvalue weighted by molar-refractivity contribution is -0.138. The molecule has 3 N–H and O–H groups in total.